The lowest BCUT2D eigenvalue weighted by Gasteiger charge is -2.24. The molecule has 1 aromatic carbocycles. The van der Waals surface area contributed by atoms with Gasteiger partial charge < -0.3 is 34.7 Å². The predicted molar refractivity (Wildman–Crippen MR) is 84.0 cm³/mol. The fourth-order valence-corrected chi connectivity index (χ4v) is 2.07. The van der Waals surface area contributed by atoms with Gasteiger partial charge in [-0.2, -0.15) is 0 Å². The Hall–Kier alpha value is -2.63. The molecule has 140 valence electrons. The summed E-state index contributed by atoms with van der Waals surface area (Å²) < 4.78 is 9.22. The molecule has 0 radical (unpaired) electrons. The summed E-state index contributed by atoms with van der Waals surface area (Å²) in [6.45, 7) is -0.947. The van der Waals surface area contributed by atoms with Gasteiger partial charge in [0.15, 0.2) is 6.10 Å². The molecule has 2 rings (SSSR count). The number of benzene rings is 1. The first-order valence-corrected chi connectivity index (χ1v) is 7.38. The molecule has 0 aliphatic rings. The van der Waals surface area contributed by atoms with E-state index in [1.807, 2.05) is 0 Å². The van der Waals surface area contributed by atoms with Crippen molar-refractivity contribution in [2.75, 3.05) is 6.61 Å². The van der Waals surface area contributed by atoms with Crippen molar-refractivity contribution in [1.82, 2.24) is 0 Å². The van der Waals surface area contributed by atoms with Gasteiger partial charge in [-0.15, -0.1) is 0 Å². The van der Waals surface area contributed by atoms with Gasteiger partial charge in [0.05, 0.1) is 6.61 Å². The summed E-state index contributed by atoms with van der Waals surface area (Å²) in [5, 5.41) is 46.9. The van der Waals surface area contributed by atoms with E-state index in [1.54, 1.807) is 18.2 Å². The van der Waals surface area contributed by atoms with Crippen LogP contribution < -0.4 is 5.63 Å². The molecular formula is C16H16O10. The van der Waals surface area contributed by atoms with Crippen molar-refractivity contribution in [3.05, 3.63) is 46.3 Å². The summed E-state index contributed by atoms with van der Waals surface area (Å²) in [6, 6.07) is 7.39. The van der Waals surface area contributed by atoms with E-state index >= 15 is 0 Å². The van der Waals surface area contributed by atoms with Crippen LogP contribution in [0.2, 0.25) is 0 Å². The molecule has 0 unspecified atom stereocenters. The Kier molecular flexibility index (Phi) is 6.18. The molecule has 2 aromatic rings. The molecule has 4 atom stereocenters. The molecule has 0 saturated carbocycles. The van der Waals surface area contributed by atoms with Crippen molar-refractivity contribution in [2.24, 2.45) is 0 Å². The minimum absolute atomic E-state index is 0.206. The van der Waals surface area contributed by atoms with E-state index in [0.717, 1.165) is 6.07 Å². The Morgan fingerprint density at radius 1 is 1.08 bits per heavy atom. The molecule has 0 bridgehead atoms. The van der Waals surface area contributed by atoms with Crippen molar-refractivity contribution in [1.29, 1.82) is 0 Å². The Morgan fingerprint density at radius 3 is 2.38 bits per heavy atom. The highest BCUT2D eigenvalue weighted by atomic mass is 16.6. The zero-order valence-corrected chi connectivity index (χ0v) is 13.2. The van der Waals surface area contributed by atoms with Crippen LogP contribution in [0.1, 0.15) is 10.4 Å². The number of ether oxygens (including phenoxy) is 1. The molecule has 0 amide bonds. The molecule has 0 aliphatic carbocycles. The van der Waals surface area contributed by atoms with E-state index in [0.29, 0.717) is 5.39 Å². The molecule has 0 aliphatic heterocycles. The lowest BCUT2D eigenvalue weighted by atomic mass is 10.0. The standard InChI is InChI=1S/C16H16O10/c17-6-9(18)11(19)12(20)13(21)16(24)26-15(23)8-5-7-3-1-2-4-10(7)25-14(8)22/h1-5,9,11-13,17-21H,6H2/t9-,11-,12+,13-/m1/s1. The maximum Gasteiger partial charge on any atom is 0.353 e. The first-order chi connectivity index (χ1) is 12.3. The zero-order chi connectivity index (χ0) is 19.4. The van der Waals surface area contributed by atoms with E-state index in [4.69, 9.17) is 9.52 Å². The number of para-hydroxylation sites is 1. The second-order valence-corrected chi connectivity index (χ2v) is 5.37. The van der Waals surface area contributed by atoms with Crippen molar-refractivity contribution < 1.29 is 44.3 Å². The summed E-state index contributed by atoms with van der Waals surface area (Å²) in [5.41, 5.74) is -1.49. The number of aliphatic hydroxyl groups excluding tert-OH is 5. The maximum absolute atomic E-state index is 12.0. The second kappa shape index (κ2) is 8.17. The Labute approximate surface area is 145 Å². The van der Waals surface area contributed by atoms with Gasteiger partial charge in [-0.3, -0.25) is 0 Å². The van der Waals surface area contributed by atoms with Crippen LogP contribution in [-0.4, -0.2) is 68.5 Å². The fourth-order valence-electron chi connectivity index (χ4n) is 2.07. The van der Waals surface area contributed by atoms with Gasteiger partial charge >= 0.3 is 17.6 Å². The van der Waals surface area contributed by atoms with Crippen LogP contribution in [0.4, 0.5) is 0 Å². The smallest absolute Gasteiger partial charge is 0.353 e. The van der Waals surface area contributed by atoms with Crippen LogP contribution in [0.3, 0.4) is 0 Å². The highest BCUT2D eigenvalue weighted by Crippen LogP contribution is 2.14. The molecule has 10 heteroatoms. The predicted octanol–water partition coefficient (Wildman–Crippen LogP) is -2.09. The van der Waals surface area contributed by atoms with Crippen LogP contribution in [0.5, 0.6) is 0 Å². The van der Waals surface area contributed by atoms with Gasteiger partial charge in [0.2, 0.25) is 0 Å². The molecule has 1 aromatic heterocycles. The first-order valence-electron chi connectivity index (χ1n) is 7.38. The van der Waals surface area contributed by atoms with Crippen LogP contribution in [0, 0.1) is 0 Å². The monoisotopic (exact) mass is 368 g/mol. The maximum atomic E-state index is 12.0. The molecule has 0 saturated heterocycles. The number of carbonyl (C=O) groups excluding carboxylic acids is 2. The van der Waals surface area contributed by atoms with Crippen LogP contribution in [-0.2, 0) is 9.53 Å². The summed E-state index contributed by atoms with van der Waals surface area (Å²) in [7, 11) is 0. The summed E-state index contributed by atoms with van der Waals surface area (Å²) in [4.78, 5) is 35.5. The lowest BCUT2D eigenvalue weighted by Crippen LogP contribution is -2.49. The van der Waals surface area contributed by atoms with Gasteiger partial charge in [-0.05, 0) is 12.1 Å². The summed E-state index contributed by atoms with van der Waals surface area (Å²) in [6.07, 6.45) is -8.58. The van der Waals surface area contributed by atoms with Gasteiger partial charge in [0.1, 0.15) is 29.5 Å². The van der Waals surface area contributed by atoms with Crippen molar-refractivity contribution in [3.63, 3.8) is 0 Å². The molecule has 26 heavy (non-hydrogen) atoms. The Balaban J connectivity index is 2.15. The van der Waals surface area contributed by atoms with Crippen LogP contribution in [0.15, 0.2) is 39.5 Å². The Morgan fingerprint density at radius 2 is 1.73 bits per heavy atom. The van der Waals surface area contributed by atoms with Gasteiger partial charge in [0, 0.05) is 5.39 Å². The third kappa shape index (κ3) is 4.12. The molecule has 0 spiro atoms. The quantitative estimate of drug-likeness (QED) is 0.216. The second-order valence-electron chi connectivity index (χ2n) is 5.37. The van der Waals surface area contributed by atoms with Gasteiger partial charge in [0.25, 0.3) is 0 Å². The fraction of sp³-hybridized carbons (Fsp3) is 0.312. The number of rotatable bonds is 6. The highest BCUT2D eigenvalue weighted by Gasteiger charge is 2.36. The summed E-state index contributed by atoms with van der Waals surface area (Å²) in [5.74, 6) is -3.10. The Bertz CT molecular complexity index is 857. The SMILES string of the molecule is O=C(OC(=O)[C@H](O)[C@@H](O)[C@H](O)[C@H](O)CO)c1cc2ccccc2oc1=O. The average Bonchev–Trinajstić information content (AvgIpc) is 2.64. The lowest BCUT2D eigenvalue weighted by molar-refractivity contribution is -0.164. The van der Waals surface area contributed by atoms with Crippen LogP contribution >= 0.6 is 0 Å². The van der Waals surface area contributed by atoms with E-state index in [2.05, 4.69) is 4.74 Å². The third-order valence-corrected chi connectivity index (χ3v) is 3.55. The zero-order valence-electron chi connectivity index (χ0n) is 13.2. The van der Waals surface area contributed by atoms with Crippen molar-refractivity contribution in [3.8, 4) is 0 Å². The van der Waals surface area contributed by atoms with E-state index in [9.17, 15) is 34.8 Å². The third-order valence-electron chi connectivity index (χ3n) is 3.55. The molecule has 0 fully saturated rings. The number of esters is 2. The summed E-state index contributed by atoms with van der Waals surface area (Å²) >= 11 is 0. The minimum Gasteiger partial charge on any atom is -0.422 e. The van der Waals surface area contributed by atoms with Crippen molar-refractivity contribution >= 4 is 22.9 Å². The topological polar surface area (TPSA) is 175 Å². The first kappa shape index (κ1) is 19.7. The number of hydrogen-bond acceptors (Lipinski definition) is 10. The van der Waals surface area contributed by atoms with Gasteiger partial charge in [-0.25, -0.2) is 14.4 Å². The average molecular weight is 368 g/mol. The molecule has 1 heterocycles. The highest BCUT2D eigenvalue weighted by molar-refractivity contribution is 5.99. The number of carbonyl (C=O) groups is 2. The molecule has 5 N–H and O–H groups in total. The van der Waals surface area contributed by atoms with E-state index < -0.39 is 54.2 Å². The van der Waals surface area contributed by atoms with Crippen LogP contribution in [0.25, 0.3) is 11.0 Å². The minimum atomic E-state index is -2.41. The normalized spacial score (nSPS) is 15.9. The largest absolute Gasteiger partial charge is 0.422 e. The number of hydrogen-bond donors (Lipinski definition) is 5. The van der Waals surface area contributed by atoms with Gasteiger partial charge in [-0.1, -0.05) is 18.2 Å². The molecule has 10 nitrogen and oxygen atoms in total. The van der Waals surface area contributed by atoms with E-state index in [1.165, 1.54) is 6.07 Å². The number of fused-ring (bicyclic) bond motifs is 1. The van der Waals surface area contributed by atoms with Crippen molar-refractivity contribution in [2.45, 2.75) is 24.4 Å². The van der Waals surface area contributed by atoms with E-state index in [-0.39, 0.29) is 5.58 Å². The molecular weight excluding hydrogens is 352 g/mol. The number of aliphatic hydroxyl groups is 5.